The van der Waals surface area contributed by atoms with Gasteiger partial charge in [0.05, 0.1) is 0 Å². The van der Waals surface area contributed by atoms with Gasteiger partial charge < -0.3 is 11.1 Å². The summed E-state index contributed by atoms with van der Waals surface area (Å²) in [5.74, 6) is 2.81. The number of hydrogen-bond donors (Lipinski definition) is 2. The Balaban J connectivity index is 1.44. The molecule has 2 rings (SSSR count). The molecule has 3 atom stereocenters. The fourth-order valence-electron chi connectivity index (χ4n) is 2.00. The lowest BCUT2D eigenvalue weighted by atomic mass is 10.1. The molecule has 3 N–H and O–H groups in total. The molecule has 2 nitrogen and oxygen atoms in total. The van der Waals surface area contributed by atoms with Gasteiger partial charge in [-0.15, -0.1) is 0 Å². The van der Waals surface area contributed by atoms with E-state index in [9.17, 15) is 0 Å². The van der Waals surface area contributed by atoms with Gasteiger partial charge in [0.2, 0.25) is 0 Å². The van der Waals surface area contributed by atoms with Gasteiger partial charge in [0, 0.05) is 6.04 Å². The molecule has 0 aliphatic heterocycles. The zero-order chi connectivity index (χ0) is 9.26. The molecule has 2 aliphatic carbocycles. The van der Waals surface area contributed by atoms with Gasteiger partial charge in [-0.1, -0.05) is 6.92 Å². The van der Waals surface area contributed by atoms with Gasteiger partial charge in [-0.3, -0.25) is 0 Å². The summed E-state index contributed by atoms with van der Waals surface area (Å²) < 4.78 is 0. The van der Waals surface area contributed by atoms with E-state index in [1.54, 1.807) is 0 Å². The lowest BCUT2D eigenvalue weighted by molar-refractivity contribution is 0.506. The van der Waals surface area contributed by atoms with Crippen LogP contribution in [0.2, 0.25) is 0 Å². The Labute approximate surface area is 81.3 Å². The summed E-state index contributed by atoms with van der Waals surface area (Å²) in [6.07, 6.45) is 5.36. The van der Waals surface area contributed by atoms with Crippen LogP contribution in [0.5, 0.6) is 0 Å². The second-order valence-corrected chi connectivity index (χ2v) is 4.97. The average molecular weight is 182 g/mol. The third-order valence-electron chi connectivity index (χ3n) is 3.56. The average Bonchev–Trinajstić information content (AvgIpc) is 2.93. The van der Waals surface area contributed by atoms with Gasteiger partial charge in [0.15, 0.2) is 0 Å². The summed E-state index contributed by atoms with van der Waals surface area (Å²) >= 11 is 0. The molecule has 0 aromatic heterocycles. The normalized spacial score (nSPS) is 34.6. The molecule has 2 saturated carbocycles. The number of hydrogen-bond acceptors (Lipinski definition) is 2. The van der Waals surface area contributed by atoms with Gasteiger partial charge in [0.25, 0.3) is 0 Å². The van der Waals surface area contributed by atoms with E-state index < -0.39 is 0 Å². The van der Waals surface area contributed by atoms with Crippen LogP contribution in [-0.4, -0.2) is 19.1 Å². The minimum Gasteiger partial charge on any atom is -0.327 e. The van der Waals surface area contributed by atoms with Crippen molar-refractivity contribution in [2.75, 3.05) is 13.1 Å². The first kappa shape index (κ1) is 9.47. The summed E-state index contributed by atoms with van der Waals surface area (Å²) in [7, 11) is 0. The molecule has 0 bridgehead atoms. The zero-order valence-electron chi connectivity index (χ0n) is 8.63. The lowest BCUT2D eigenvalue weighted by Gasteiger charge is -2.10. The van der Waals surface area contributed by atoms with Gasteiger partial charge >= 0.3 is 0 Å². The quantitative estimate of drug-likeness (QED) is 0.609. The van der Waals surface area contributed by atoms with Gasteiger partial charge in [-0.05, 0) is 56.5 Å². The van der Waals surface area contributed by atoms with E-state index in [0.29, 0.717) is 6.04 Å². The molecule has 2 heteroatoms. The highest BCUT2D eigenvalue weighted by Crippen LogP contribution is 2.36. The van der Waals surface area contributed by atoms with Crippen molar-refractivity contribution < 1.29 is 0 Å². The summed E-state index contributed by atoms with van der Waals surface area (Å²) in [6, 6.07) is 0.476. The van der Waals surface area contributed by atoms with Crippen molar-refractivity contribution in [2.45, 2.75) is 38.6 Å². The topological polar surface area (TPSA) is 38.0 Å². The van der Waals surface area contributed by atoms with Crippen LogP contribution >= 0.6 is 0 Å². The summed E-state index contributed by atoms with van der Waals surface area (Å²) in [5, 5.41) is 3.51. The maximum atomic E-state index is 6.00. The molecule has 0 aromatic rings. The van der Waals surface area contributed by atoms with E-state index in [-0.39, 0.29) is 0 Å². The summed E-state index contributed by atoms with van der Waals surface area (Å²) in [4.78, 5) is 0. The first-order valence-corrected chi connectivity index (χ1v) is 5.73. The monoisotopic (exact) mass is 182 g/mol. The van der Waals surface area contributed by atoms with E-state index in [1.807, 2.05) is 0 Å². The van der Waals surface area contributed by atoms with Crippen molar-refractivity contribution in [2.24, 2.45) is 23.5 Å². The largest absolute Gasteiger partial charge is 0.327 e. The Bertz CT molecular complexity index is 165. The number of rotatable bonds is 6. The van der Waals surface area contributed by atoms with Crippen molar-refractivity contribution in [1.29, 1.82) is 0 Å². The van der Waals surface area contributed by atoms with E-state index in [4.69, 9.17) is 5.73 Å². The van der Waals surface area contributed by atoms with Crippen LogP contribution in [0.25, 0.3) is 0 Å². The Kier molecular flexibility index (Phi) is 2.89. The van der Waals surface area contributed by atoms with Crippen molar-refractivity contribution in [3.63, 3.8) is 0 Å². The van der Waals surface area contributed by atoms with Crippen LogP contribution in [0, 0.1) is 17.8 Å². The van der Waals surface area contributed by atoms with Crippen molar-refractivity contribution in [3.8, 4) is 0 Å². The first-order valence-electron chi connectivity index (χ1n) is 5.73. The molecule has 0 saturated heterocycles. The number of nitrogens with one attached hydrogen (secondary N) is 1. The summed E-state index contributed by atoms with van der Waals surface area (Å²) in [6.45, 7) is 4.68. The highest BCUT2D eigenvalue weighted by atomic mass is 14.9. The second-order valence-electron chi connectivity index (χ2n) is 4.97. The maximum Gasteiger partial charge on any atom is 0.00792 e. The fraction of sp³-hybridized carbons (Fsp3) is 1.00. The van der Waals surface area contributed by atoms with Crippen LogP contribution in [0.3, 0.4) is 0 Å². The van der Waals surface area contributed by atoms with Crippen LogP contribution < -0.4 is 11.1 Å². The molecular formula is C11H22N2. The predicted molar refractivity (Wildman–Crippen MR) is 55.5 cm³/mol. The standard InChI is InChI=1S/C11H22N2/c1-8-6-10(8)7-13-5-4-11(12)9-2-3-9/h8-11,13H,2-7,12H2,1H3. The molecule has 13 heavy (non-hydrogen) atoms. The molecule has 76 valence electrons. The predicted octanol–water partition coefficient (Wildman–Crippen LogP) is 1.36. The third-order valence-corrected chi connectivity index (χ3v) is 3.56. The molecule has 0 amide bonds. The lowest BCUT2D eigenvalue weighted by Crippen LogP contribution is -2.29. The highest BCUT2D eigenvalue weighted by Gasteiger charge is 2.32. The van der Waals surface area contributed by atoms with Gasteiger partial charge in [-0.25, -0.2) is 0 Å². The van der Waals surface area contributed by atoms with Crippen LogP contribution in [0.4, 0.5) is 0 Å². The molecule has 2 fully saturated rings. The Morgan fingerprint density at radius 2 is 2.15 bits per heavy atom. The highest BCUT2D eigenvalue weighted by molar-refractivity contribution is 4.86. The molecule has 0 aromatic carbocycles. The first-order chi connectivity index (χ1) is 6.27. The SMILES string of the molecule is CC1CC1CNCCC(N)C1CC1. The van der Waals surface area contributed by atoms with Crippen molar-refractivity contribution in [3.05, 3.63) is 0 Å². The van der Waals surface area contributed by atoms with E-state index in [0.717, 1.165) is 24.3 Å². The molecule has 2 aliphatic rings. The Hall–Kier alpha value is -0.0800. The zero-order valence-corrected chi connectivity index (χ0v) is 8.63. The van der Waals surface area contributed by atoms with E-state index in [1.165, 1.54) is 32.2 Å². The van der Waals surface area contributed by atoms with E-state index in [2.05, 4.69) is 12.2 Å². The number of nitrogens with two attached hydrogens (primary N) is 1. The van der Waals surface area contributed by atoms with E-state index >= 15 is 0 Å². The van der Waals surface area contributed by atoms with Gasteiger partial charge in [0.1, 0.15) is 0 Å². The van der Waals surface area contributed by atoms with Gasteiger partial charge in [-0.2, -0.15) is 0 Å². The molecule has 0 radical (unpaired) electrons. The smallest absolute Gasteiger partial charge is 0.00792 e. The summed E-state index contributed by atoms with van der Waals surface area (Å²) in [5.41, 5.74) is 6.00. The second kappa shape index (κ2) is 3.97. The maximum absolute atomic E-state index is 6.00. The van der Waals surface area contributed by atoms with Crippen molar-refractivity contribution >= 4 is 0 Å². The molecule has 0 spiro atoms. The molecule has 0 heterocycles. The Morgan fingerprint density at radius 1 is 1.46 bits per heavy atom. The third kappa shape index (κ3) is 2.96. The van der Waals surface area contributed by atoms with Crippen molar-refractivity contribution in [1.82, 2.24) is 5.32 Å². The minimum atomic E-state index is 0.476. The molecule has 3 unspecified atom stereocenters. The molecular weight excluding hydrogens is 160 g/mol. The minimum absolute atomic E-state index is 0.476. The van der Waals surface area contributed by atoms with Crippen LogP contribution in [0.1, 0.15) is 32.6 Å². The Morgan fingerprint density at radius 3 is 2.69 bits per heavy atom. The van der Waals surface area contributed by atoms with Crippen LogP contribution in [-0.2, 0) is 0 Å². The van der Waals surface area contributed by atoms with Crippen LogP contribution in [0.15, 0.2) is 0 Å². The fourth-order valence-corrected chi connectivity index (χ4v) is 2.00.